The van der Waals surface area contributed by atoms with Gasteiger partial charge in [0.05, 0.1) is 16.7 Å². The van der Waals surface area contributed by atoms with Crippen molar-refractivity contribution < 1.29 is 9.66 Å². The summed E-state index contributed by atoms with van der Waals surface area (Å²) in [5.41, 5.74) is 2.23. The Hall–Kier alpha value is -1.53. The molecular formula is C15H23N3O3. The van der Waals surface area contributed by atoms with Crippen LogP contribution in [-0.4, -0.2) is 29.2 Å². The molecule has 1 heterocycles. The van der Waals surface area contributed by atoms with Crippen molar-refractivity contribution in [2.75, 3.05) is 7.11 Å². The first kappa shape index (κ1) is 15.9. The number of methoxy groups -OCH3 is 1. The van der Waals surface area contributed by atoms with E-state index in [4.69, 9.17) is 4.74 Å². The molecule has 0 spiro atoms. The van der Waals surface area contributed by atoms with E-state index in [0.717, 1.165) is 12.1 Å². The molecule has 0 radical (unpaired) electrons. The molecule has 2 unspecified atom stereocenters. The van der Waals surface area contributed by atoms with Crippen LogP contribution in [0.5, 0.6) is 0 Å². The molecular weight excluding hydrogens is 270 g/mol. The molecule has 0 saturated heterocycles. The van der Waals surface area contributed by atoms with E-state index in [2.05, 4.69) is 24.1 Å². The van der Waals surface area contributed by atoms with E-state index in [0.29, 0.717) is 23.7 Å². The number of nitrogens with one attached hydrogen (secondary N) is 1. The topological polar surface area (TPSA) is 77.3 Å². The van der Waals surface area contributed by atoms with Gasteiger partial charge in [0.15, 0.2) is 0 Å². The monoisotopic (exact) mass is 293 g/mol. The number of pyridine rings is 1. The lowest BCUT2D eigenvalue weighted by Gasteiger charge is -2.51. The highest BCUT2D eigenvalue weighted by atomic mass is 16.6. The first-order chi connectivity index (χ1) is 9.78. The third kappa shape index (κ3) is 2.78. The van der Waals surface area contributed by atoms with Gasteiger partial charge in [0.1, 0.15) is 0 Å². The summed E-state index contributed by atoms with van der Waals surface area (Å²) in [5.74, 6) is 0. The average molecular weight is 293 g/mol. The third-order valence-electron chi connectivity index (χ3n) is 4.74. The Bertz CT molecular complexity index is 557. The van der Waals surface area contributed by atoms with Crippen LogP contribution >= 0.6 is 0 Å². The molecule has 1 aromatic rings. The fraction of sp³-hybridized carbons (Fsp3) is 0.667. The maximum absolute atomic E-state index is 11.1. The highest BCUT2D eigenvalue weighted by Gasteiger charge is 2.48. The van der Waals surface area contributed by atoms with Gasteiger partial charge in [-0.05, 0) is 20.3 Å². The predicted molar refractivity (Wildman–Crippen MR) is 80.2 cm³/mol. The zero-order valence-corrected chi connectivity index (χ0v) is 13.3. The molecule has 2 rings (SSSR count). The summed E-state index contributed by atoms with van der Waals surface area (Å²) >= 11 is 0. The average Bonchev–Trinajstić information content (AvgIpc) is 2.39. The van der Waals surface area contributed by atoms with Crippen LogP contribution in [0.4, 0.5) is 5.69 Å². The largest absolute Gasteiger partial charge is 0.381 e. The Labute approximate surface area is 125 Å². The number of aryl methyl sites for hydroxylation is 1. The van der Waals surface area contributed by atoms with Crippen LogP contribution < -0.4 is 5.32 Å². The molecule has 1 aromatic heterocycles. The summed E-state index contributed by atoms with van der Waals surface area (Å²) in [5, 5.41) is 14.6. The standard InChI is InChI=1S/C15H23N3O3/c1-9-7-16-11(10(2)14(9)18(19)20)8-17-12-6-13(21-5)15(12,3)4/h7,12-13,17H,6,8H2,1-5H3. The minimum absolute atomic E-state index is 0.0687. The second-order valence-corrected chi connectivity index (χ2v) is 6.33. The highest BCUT2D eigenvalue weighted by Crippen LogP contribution is 2.42. The van der Waals surface area contributed by atoms with Crippen LogP contribution in [-0.2, 0) is 11.3 Å². The SMILES string of the molecule is COC1CC(NCc2ncc(C)c([N+](=O)[O-])c2C)C1(C)C. The van der Waals surface area contributed by atoms with Crippen molar-refractivity contribution in [2.24, 2.45) is 5.41 Å². The van der Waals surface area contributed by atoms with Crippen LogP contribution in [0, 0.1) is 29.4 Å². The zero-order valence-electron chi connectivity index (χ0n) is 13.3. The molecule has 2 atom stereocenters. The number of rotatable bonds is 5. The second kappa shape index (κ2) is 5.69. The zero-order chi connectivity index (χ0) is 15.8. The van der Waals surface area contributed by atoms with Gasteiger partial charge < -0.3 is 10.1 Å². The van der Waals surface area contributed by atoms with Gasteiger partial charge in [-0.15, -0.1) is 0 Å². The van der Waals surface area contributed by atoms with Gasteiger partial charge >= 0.3 is 0 Å². The van der Waals surface area contributed by atoms with E-state index in [-0.39, 0.29) is 22.1 Å². The lowest BCUT2D eigenvalue weighted by atomic mass is 9.64. The second-order valence-electron chi connectivity index (χ2n) is 6.33. The first-order valence-electron chi connectivity index (χ1n) is 7.14. The molecule has 6 heteroatoms. The number of hydrogen-bond donors (Lipinski definition) is 1. The van der Waals surface area contributed by atoms with Crippen LogP contribution in [0.1, 0.15) is 37.1 Å². The Kier molecular flexibility index (Phi) is 4.30. The summed E-state index contributed by atoms with van der Waals surface area (Å²) in [4.78, 5) is 15.1. The number of hydrogen-bond acceptors (Lipinski definition) is 5. The van der Waals surface area contributed by atoms with E-state index < -0.39 is 0 Å². The van der Waals surface area contributed by atoms with Gasteiger partial charge in [0.25, 0.3) is 5.69 Å². The van der Waals surface area contributed by atoms with Crippen LogP contribution in [0.3, 0.4) is 0 Å². The van der Waals surface area contributed by atoms with Crippen molar-refractivity contribution in [2.45, 2.75) is 52.8 Å². The summed E-state index contributed by atoms with van der Waals surface area (Å²) in [7, 11) is 1.73. The highest BCUT2D eigenvalue weighted by molar-refractivity contribution is 5.47. The maximum atomic E-state index is 11.1. The van der Waals surface area contributed by atoms with Gasteiger partial charge in [-0.2, -0.15) is 0 Å². The molecule has 116 valence electrons. The molecule has 1 fully saturated rings. The third-order valence-corrected chi connectivity index (χ3v) is 4.74. The molecule has 0 amide bonds. The summed E-state index contributed by atoms with van der Waals surface area (Å²) in [6.07, 6.45) is 2.79. The molecule has 1 saturated carbocycles. The van der Waals surface area contributed by atoms with Crippen molar-refractivity contribution in [3.8, 4) is 0 Å². The van der Waals surface area contributed by atoms with Gasteiger partial charge in [0.2, 0.25) is 0 Å². The lowest BCUT2D eigenvalue weighted by molar-refractivity contribution is -0.386. The molecule has 1 N–H and O–H groups in total. The minimum Gasteiger partial charge on any atom is -0.381 e. The Morgan fingerprint density at radius 3 is 2.71 bits per heavy atom. The lowest BCUT2D eigenvalue weighted by Crippen LogP contribution is -2.60. The molecule has 6 nitrogen and oxygen atoms in total. The number of ether oxygens (including phenoxy) is 1. The van der Waals surface area contributed by atoms with Gasteiger partial charge in [-0.25, -0.2) is 0 Å². The van der Waals surface area contributed by atoms with E-state index in [1.807, 2.05) is 0 Å². The van der Waals surface area contributed by atoms with Gasteiger partial charge in [-0.1, -0.05) is 13.8 Å². The van der Waals surface area contributed by atoms with Crippen LogP contribution in [0.25, 0.3) is 0 Å². The van der Waals surface area contributed by atoms with E-state index in [9.17, 15) is 10.1 Å². The number of nitro groups is 1. The molecule has 1 aliphatic carbocycles. The van der Waals surface area contributed by atoms with Crippen LogP contribution in [0.2, 0.25) is 0 Å². The number of nitrogens with zero attached hydrogens (tertiary/aromatic N) is 2. The van der Waals surface area contributed by atoms with Crippen molar-refractivity contribution in [1.29, 1.82) is 0 Å². The van der Waals surface area contributed by atoms with Gasteiger partial charge in [-0.3, -0.25) is 15.1 Å². The summed E-state index contributed by atoms with van der Waals surface area (Å²) in [6, 6.07) is 0.337. The summed E-state index contributed by atoms with van der Waals surface area (Å²) in [6.45, 7) is 8.35. The molecule has 0 aromatic carbocycles. The minimum atomic E-state index is -0.329. The Morgan fingerprint density at radius 2 is 2.19 bits per heavy atom. The van der Waals surface area contributed by atoms with Crippen molar-refractivity contribution >= 4 is 5.69 Å². The Morgan fingerprint density at radius 1 is 1.52 bits per heavy atom. The first-order valence-corrected chi connectivity index (χ1v) is 7.14. The quantitative estimate of drug-likeness (QED) is 0.666. The van der Waals surface area contributed by atoms with Crippen molar-refractivity contribution in [3.05, 3.63) is 33.1 Å². The van der Waals surface area contributed by atoms with E-state index in [1.165, 1.54) is 0 Å². The van der Waals surface area contributed by atoms with E-state index >= 15 is 0 Å². The smallest absolute Gasteiger partial charge is 0.278 e. The van der Waals surface area contributed by atoms with Crippen molar-refractivity contribution in [1.82, 2.24) is 10.3 Å². The fourth-order valence-corrected chi connectivity index (χ4v) is 3.08. The normalized spacial score (nSPS) is 23.7. The van der Waals surface area contributed by atoms with E-state index in [1.54, 1.807) is 27.2 Å². The summed E-state index contributed by atoms with van der Waals surface area (Å²) < 4.78 is 5.43. The maximum Gasteiger partial charge on any atom is 0.278 e. The molecule has 21 heavy (non-hydrogen) atoms. The molecule has 0 aliphatic heterocycles. The van der Waals surface area contributed by atoms with Crippen LogP contribution in [0.15, 0.2) is 6.20 Å². The molecule has 1 aliphatic rings. The number of aromatic nitrogens is 1. The predicted octanol–water partition coefficient (Wildman–Crippen LogP) is 2.51. The van der Waals surface area contributed by atoms with Gasteiger partial charge in [0, 0.05) is 42.4 Å². The molecule has 0 bridgehead atoms. The Balaban J connectivity index is 2.09. The van der Waals surface area contributed by atoms with Crippen molar-refractivity contribution in [3.63, 3.8) is 0 Å². The fourth-order valence-electron chi connectivity index (χ4n) is 3.08.